The monoisotopic (exact) mass is 308 g/mol. The minimum atomic E-state index is -3.72. The highest BCUT2D eigenvalue weighted by atomic mass is 32.2. The van der Waals surface area contributed by atoms with Gasteiger partial charge in [-0.25, -0.2) is 8.42 Å². The van der Waals surface area contributed by atoms with Crippen LogP contribution in [0.2, 0.25) is 0 Å². The molecule has 1 aromatic heterocycles. The van der Waals surface area contributed by atoms with E-state index in [1.165, 1.54) is 0 Å². The molecule has 0 radical (unpaired) electrons. The maximum Gasteiger partial charge on any atom is 0.262 e. The molecule has 0 fully saturated rings. The quantitative estimate of drug-likeness (QED) is 0.757. The van der Waals surface area contributed by atoms with Crippen LogP contribution in [0.15, 0.2) is 11.0 Å². The molecule has 114 valence electrons. The van der Waals surface area contributed by atoms with Crippen LogP contribution in [0.1, 0.15) is 28.1 Å². The van der Waals surface area contributed by atoms with Crippen LogP contribution < -0.4 is 10.5 Å². The Morgan fingerprint density at radius 3 is 2.29 bits per heavy atom. The SMILES string of the molecule is Cc1cc(N)c(C)c(S(=O)(=O)Nc2c(C)n[nH]c2C)c1C. The van der Waals surface area contributed by atoms with Gasteiger partial charge in [-0.3, -0.25) is 9.82 Å². The number of nitrogen functional groups attached to an aromatic ring is 1. The Bertz CT molecular complexity index is 761. The van der Waals surface area contributed by atoms with Gasteiger partial charge in [-0.2, -0.15) is 5.10 Å². The molecule has 0 aliphatic carbocycles. The van der Waals surface area contributed by atoms with Crippen LogP contribution in [-0.2, 0) is 10.0 Å². The number of aromatic nitrogens is 2. The zero-order valence-electron chi connectivity index (χ0n) is 12.8. The topological polar surface area (TPSA) is 101 Å². The smallest absolute Gasteiger partial charge is 0.262 e. The van der Waals surface area contributed by atoms with Crippen LogP contribution in [0.3, 0.4) is 0 Å². The third kappa shape index (κ3) is 2.61. The van der Waals surface area contributed by atoms with Gasteiger partial charge in [-0.1, -0.05) is 0 Å². The van der Waals surface area contributed by atoms with E-state index < -0.39 is 10.0 Å². The Hall–Kier alpha value is -2.02. The molecule has 0 saturated carbocycles. The molecule has 0 unspecified atom stereocenters. The molecule has 2 rings (SSSR count). The molecule has 2 aromatic rings. The van der Waals surface area contributed by atoms with Crippen LogP contribution in [-0.4, -0.2) is 18.6 Å². The van der Waals surface area contributed by atoms with Gasteiger partial charge in [-0.05, 0) is 57.4 Å². The van der Waals surface area contributed by atoms with Crippen molar-refractivity contribution in [3.63, 3.8) is 0 Å². The number of aryl methyl sites for hydroxylation is 3. The predicted octanol–water partition coefficient (Wildman–Crippen LogP) is 2.33. The lowest BCUT2D eigenvalue weighted by atomic mass is 10.1. The number of rotatable bonds is 3. The number of benzene rings is 1. The van der Waals surface area contributed by atoms with Crippen molar-refractivity contribution >= 4 is 21.4 Å². The van der Waals surface area contributed by atoms with E-state index in [2.05, 4.69) is 14.9 Å². The van der Waals surface area contributed by atoms with Crippen molar-refractivity contribution in [1.29, 1.82) is 0 Å². The summed E-state index contributed by atoms with van der Waals surface area (Å²) in [5.41, 5.74) is 10.2. The molecule has 21 heavy (non-hydrogen) atoms. The average Bonchev–Trinajstić information content (AvgIpc) is 2.68. The van der Waals surface area contributed by atoms with E-state index >= 15 is 0 Å². The van der Waals surface area contributed by atoms with Gasteiger partial charge < -0.3 is 5.73 Å². The van der Waals surface area contributed by atoms with Gasteiger partial charge in [0, 0.05) is 5.69 Å². The fraction of sp³-hybridized carbons (Fsp3) is 0.357. The van der Waals surface area contributed by atoms with Gasteiger partial charge in [0.2, 0.25) is 0 Å². The highest BCUT2D eigenvalue weighted by Crippen LogP contribution is 2.30. The molecule has 1 aromatic carbocycles. The Labute approximate surface area is 124 Å². The number of nitrogens with zero attached hydrogens (tertiary/aromatic N) is 1. The fourth-order valence-electron chi connectivity index (χ4n) is 2.33. The molecule has 6 nitrogen and oxygen atoms in total. The highest BCUT2D eigenvalue weighted by molar-refractivity contribution is 7.92. The Morgan fingerprint density at radius 2 is 1.76 bits per heavy atom. The normalized spacial score (nSPS) is 11.7. The van der Waals surface area contributed by atoms with Crippen molar-refractivity contribution in [2.45, 2.75) is 39.5 Å². The number of aromatic amines is 1. The molecule has 0 amide bonds. The second-order valence-corrected chi connectivity index (χ2v) is 6.90. The van der Waals surface area contributed by atoms with Crippen LogP contribution in [0.4, 0.5) is 11.4 Å². The maximum absolute atomic E-state index is 12.7. The van der Waals surface area contributed by atoms with Crippen molar-refractivity contribution in [1.82, 2.24) is 10.2 Å². The van der Waals surface area contributed by atoms with Gasteiger partial charge in [0.1, 0.15) is 0 Å². The summed E-state index contributed by atoms with van der Waals surface area (Å²) in [4.78, 5) is 0.236. The molecule has 0 aliphatic heterocycles. The Kier molecular flexibility index (Phi) is 3.71. The summed E-state index contributed by atoms with van der Waals surface area (Å²) in [7, 11) is -3.72. The summed E-state index contributed by atoms with van der Waals surface area (Å²) in [6.45, 7) is 8.85. The second kappa shape index (κ2) is 5.07. The van der Waals surface area contributed by atoms with Crippen LogP contribution in [0, 0.1) is 34.6 Å². The third-order valence-electron chi connectivity index (χ3n) is 3.71. The van der Waals surface area contributed by atoms with Gasteiger partial charge in [-0.15, -0.1) is 0 Å². The molecular formula is C14H20N4O2S. The second-order valence-electron chi connectivity index (χ2n) is 5.28. The number of nitrogens with two attached hydrogens (primary N) is 1. The molecular weight excluding hydrogens is 288 g/mol. The van der Waals surface area contributed by atoms with E-state index in [9.17, 15) is 8.42 Å². The van der Waals surface area contributed by atoms with Crippen molar-refractivity contribution in [2.24, 2.45) is 0 Å². The number of anilines is 2. The minimum Gasteiger partial charge on any atom is -0.398 e. The first-order valence-corrected chi connectivity index (χ1v) is 8.04. The minimum absolute atomic E-state index is 0.236. The molecule has 7 heteroatoms. The van der Waals surface area contributed by atoms with Crippen LogP contribution >= 0.6 is 0 Å². The molecule has 0 aliphatic rings. The van der Waals surface area contributed by atoms with E-state index in [0.717, 1.165) is 5.56 Å². The van der Waals surface area contributed by atoms with Gasteiger partial charge >= 0.3 is 0 Å². The zero-order chi connectivity index (χ0) is 15.9. The van der Waals surface area contributed by atoms with Crippen molar-refractivity contribution in [3.8, 4) is 0 Å². The first kappa shape index (κ1) is 15.4. The largest absolute Gasteiger partial charge is 0.398 e. The molecule has 0 atom stereocenters. The maximum atomic E-state index is 12.7. The van der Waals surface area contributed by atoms with Crippen LogP contribution in [0.25, 0.3) is 0 Å². The molecule has 0 spiro atoms. The average molecular weight is 308 g/mol. The molecule has 0 saturated heterocycles. The summed E-state index contributed by atoms with van der Waals surface area (Å²) in [5.74, 6) is 0. The van der Waals surface area contributed by atoms with Crippen molar-refractivity contribution in [3.05, 3.63) is 34.1 Å². The predicted molar refractivity (Wildman–Crippen MR) is 83.9 cm³/mol. The first-order valence-electron chi connectivity index (χ1n) is 6.55. The van der Waals surface area contributed by atoms with E-state index in [1.807, 2.05) is 6.92 Å². The van der Waals surface area contributed by atoms with E-state index in [0.29, 0.717) is 33.9 Å². The lowest BCUT2D eigenvalue weighted by molar-refractivity contribution is 0.600. The first-order chi connectivity index (χ1) is 9.65. The molecule has 0 bridgehead atoms. The lowest BCUT2D eigenvalue weighted by Gasteiger charge is -2.16. The number of H-pyrrole nitrogens is 1. The van der Waals surface area contributed by atoms with Crippen LogP contribution in [0.5, 0.6) is 0 Å². The van der Waals surface area contributed by atoms with E-state index in [1.54, 1.807) is 33.8 Å². The fourth-order valence-corrected chi connectivity index (χ4v) is 4.09. The number of hydrogen-bond donors (Lipinski definition) is 3. The third-order valence-corrected chi connectivity index (χ3v) is 5.33. The number of sulfonamides is 1. The zero-order valence-corrected chi connectivity index (χ0v) is 13.6. The summed E-state index contributed by atoms with van der Waals surface area (Å²) >= 11 is 0. The van der Waals surface area contributed by atoms with Gasteiger partial charge in [0.15, 0.2) is 0 Å². The van der Waals surface area contributed by atoms with Gasteiger partial charge in [0.05, 0.1) is 22.0 Å². The number of hydrogen-bond acceptors (Lipinski definition) is 4. The van der Waals surface area contributed by atoms with Gasteiger partial charge in [0.25, 0.3) is 10.0 Å². The molecule has 4 N–H and O–H groups in total. The summed E-state index contributed by atoms with van der Waals surface area (Å²) < 4.78 is 28.1. The summed E-state index contributed by atoms with van der Waals surface area (Å²) in [5, 5.41) is 6.76. The summed E-state index contributed by atoms with van der Waals surface area (Å²) in [6, 6.07) is 1.79. The van der Waals surface area contributed by atoms with Crippen molar-refractivity contribution < 1.29 is 8.42 Å². The van der Waals surface area contributed by atoms with Crippen molar-refractivity contribution in [2.75, 3.05) is 10.5 Å². The lowest BCUT2D eigenvalue weighted by Crippen LogP contribution is -2.18. The Balaban J connectivity index is 2.61. The summed E-state index contributed by atoms with van der Waals surface area (Å²) in [6.07, 6.45) is 0. The number of nitrogens with one attached hydrogen (secondary N) is 2. The standard InChI is InChI=1S/C14H20N4O2S/c1-7-6-12(15)9(3)14(8(7)2)21(19,20)18-13-10(4)16-17-11(13)5/h6,18H,15H2,1-5H3,(H,16,17). The molecule has 1 heterocycles. The Morgan fingerprint density at radius 1 is 1.14 bits per heavy atom. The van der Waals surface area contributed by atoms with E-state index in [-0.39, 0.29) is 4.90 Å². The van der Waals surface area contributed by atoms with E-state index in [4.69, 9.17) is 5.73 Å². The highest BCUT2D eigenvalue weighted by Gasteiger charge is 2.24.